The van der Waals surface area contributed by atoms with Crippen LogP contribution in [0.15, 0.2) is 23.8 Å². The van der Waals surface area contributed by atoms with Crippen LogP contribution in [-0.2, 0) is 9.31 Å². The Kier molecular flexibility index (Phi) is 4.19. The summed E-state index contributed by atoms with van der Waals surface area (Å²) in [7, 11) is -0.618. The molecule has 0 radical (unpaired) electrons. The molecule has 2 rings (SSSR count). The van der Waals surface area contributed by atoms with Crippen molar-refractivity contribution in [1.29, 1.82) is 5.26 Å². The first-order chi connectivity index (χ1) is 9.79. The predicted molar refractivity (Wildman–Crippen MR) is 80.1 cm³/mol. The van der Waals surface area contributed by atoms with Crippen LogP contribution >= 0.6 is 0 Å². The molecule has 0 saturated carbocycles. The normalized spacial score (nSPS) is 20.4. The second-order valence-electron chi connectivity index (χ2n) is 6.05. The average Bonchev–Trinajstić information content (AvgIpc) is 2.65. The highest BCUT2D eigenvalue weighted by molar-refractivity contribution is 6.55. The number of pyridine rings is 1. The second-order valence-corrected chi connectivity index (χ2v) is 6.05. The molecule has 1 aromatic heterocycles. The minimum Gasteiger partial charge on any atom is -0.400 e. The maximum absolute atomic E-state index is 9.59. The zero-order valence-electron chi connectivity index (χ0n) is 12.8. The van der Waals surface area contributed by atoms with Gasteiger partial charge in [0.05, 0.1) is 35.1 Å². The van der Waals surface area contributed by atoms with E-state index in [0.29, 0.717) is 16.7 Å². The SMILES string of the molecule is CC1(C)OB(C(=Cc2cc(C#N)ccn2)CO)OC1(C)C. The van der Waals surface area contributed by atoms with Crippen molar-refractivity contribution in [2.75, 3.05) is 6.61 Å². The van der Waals surface area contributed by atoms with Crippen LogP contribution in [0.4, 0.5) is 0 Å². The fourth-order valence-corrected chi connectivity index (χ4v) is 1.97. The van der Waals surface area contributed by atoms with Crippen LogP contribution in [-0.4, -0.2) is 35.0 Å². The van der Waals surface area contributed by atoms with Gasteiger partial charge in [0.25, 0.3) is 0 Å². The number of nitriles is 1. The molecule has 1 aliphatic rings. The Bertz CT molecular complexity index is 589. The molecule has 0 atom stereocenters. The number of rotatable bonds is 3. The van der Waals surface area contributed by atoms with Crippen molar-refractivity contribution in [2.45, 2.75) is 38.9 Å². The first-order valence-corrected chi connectivity index (χ1v) is 6.82. The lowest BCUT2D eigenvalue weighted by molar-refractivity contribution is 0.00578. The minimum absolute atomic E-state index is 0.199. The zero-order valence-corrected chi connectivity index (χ0v) is 12.8. The Labute approximate surface area is 125 Å². The largest absolute Gasteiger partial charge is 0.492 e. The van der Waals surface area contributed by atoms with Crippen LogP contribution < -0.4 is 0 Å². The molecule has 0 aromatic carbocycles. The van der Waals surface area contributed by atoms with Gasteiger partial charge < -0.3 is 14.4 Å². The van der Waals surface area contributed by atoms with Crippen LogP contribution in [0.25, 0.3) is 6.08 Å². The number of aromatic nitrogens is 1. The Morgan fingerprint density at radius 2 is 2.00 bits per heavy atom. The molecule has 0 bridgehead atoms. The maximum atomic E-state index is 9.59. The molecule has 1 fully saturated rings. The zero-order chi connectivity index (χ0) is 15.7. The topological polar surface area (TPSA) is 75.4 Å². The minimum atomic E-state index is -0.618. The highest BCUT2D eigenvalue weighted by atomic mass is 16.7. The van der Waals surface area contributed by atoms with Gasteiger partial charge in [-0.3, -0.25) is 4.98 Å². The summed E-state index contributed by atoms with van der Waals surface area (Å²) in [5.41, 5.74) is 0.758. The van der Waals surface area contributed by atoms with Gasteiger partial charge in [0.15, 0.2) is 0 Å². The van der Waals surface area contributed by atoms with Gasteiger partial charge in [-0.1, -0.05) is 0 Å². The standard InChI is InChI=1S/C15H19BN2O3/c1-14(2)15(3,4)21-16(20-14)12(10-19)8-13-7-11(9-17)5-6-18-13/h5-8,19H,10H2,1-4H3. The molecule has 1 N–H and O–H groups in total. The van der Waals surface area contributed by atoms with E-state index in [0.717, 1.165) is 0 Å². The van der Waals surface area contributed by atoms with Crippen LogP contribution in [0, 0.1) is 11.3 Å². The number of nitrogens with zero attached hydrogens (tertiary/aromatic N) is 2. The van der Waals surface area contributed by atoms with Gasteiger partial charge in [0.1, 0.15) is 0 Å². The van der Waals surface area contributed by atoms with E-state index in [1.807, 2.05) is 27.7 Å². The average molecular weight is 286 g/mol. The van der Waals surface area contributed by atoms with E-state index in [9.17, 15) is 5.11 Å². The number of hydrogen-bond acceptors (Lipinski definition) is 5. The van der Waals surface area contributed by atoms with Crippen LogP contribution in [0.5, 0.6) is 0 Å². The van der Waals surface area contributed by atoms with Crippen molar-refractivity contribution in [3.8, 4) is 6.07 Å². The van der Waals surface area contributed by atoms with E-state index in [4.69, 9.17) is 14.6 Å². The van der Waals surface area contributed by atoms with Crippen molar-refractivity contribution in [3.05, 3.63) is 35.1 Å². The van der Waals surface area contributed by atoms with E-state index in [2.05, 4.69) is 11.1 Å². The smallest absolute Gasteiger partial charge is 0.400 e. The van der Waals surface area contributed by atoms with Gasteiger partial charge in [-0.05, 0) is 51.4 Å². The van der Waals surface area contributed by atoms with E-state index in [1.54, 1.807) is 24.4 Å². The highest BCUT2D eigenvalue weighted by Crippen LogP contribution is 2.38. The van der Waals surface area contributed by atoms with Gasteiger partial charge in [-0.25, -0.2) is 0 Å². The van der Waals surface area contributed by atoms with Crippen LogP contribution in [0.2, 0.25) is 0 Å². The third-order valence-electron chi connectivity index (χ3n) is 3.98. The fourth-order valence-electron chi connectivity index (χ4n) is 1.97. The first kappa shape index (κ1) is 15.7. The summed E-state index contributed by atoms with van der Waals surface area (Å²) in [5, 5.41) is 18.5. The summed E-state index contributed by atoms with van der Waals surface area (Å²) in [6.45, 7) is 7.62. The van der Waals surface area contributed by atoms with E-state index in [-0.39, 0.29) is 6.61 Å². The molecule has 1 aromatic rings. The van der Waals surface area contributed by atoms with Crippen molar-refractivity contribution in [3.63, 3.8) is 0 Å². The molecule has 0 unspecified atom stereocenters. The summed E-state index contributed by atoms with van der Waals surface area (Å²) in [6.07, 6.45) is 3.26. The lowest BCUT2D eigenvalue weighted by Gasteiger charge is -2.32. The van der Waals surface area contributed by atoms with E-state index in [1.165, 1.54) is 0 Å². The molecule has 110 valence electrons. The summed E-state index contributed by atoms with van der Waals surface area (Å²) in [5.74, 6) is 0. The van der Waals surface area contributed by atoms with Gasteiger partial charge in [-0.2, -0.15) is 5.26 Å². The Morgan fingerprint density at radius 1 is 1.38 bits per heavy atom. The molecule has 2 heterocycles. The maximum Gasteiger partial charge on any atom is 0.492 e. The first-order valence-electron chi connectivity index (χ1n) is 6.82. The quantitative estimate of drug-likeness (QED) is 0.860. The molecule has 0 spiro atoms. The lowest BCUT2D eigenvalue weighted by Crippen LogP contribution is -2.41. The van der Waals surface area contributed by atoms with Crippen LogP contribution in [0.3, 0.4) is 0 Å². The van der Waals surface area contributed by atoms with E-state index >= 15 is 0 Å². The molecule has 6 heteroatoms. The van der Waals surface area contributed by atoms with Crippen molar-refractivity contribution < 1.29 is 14.4 Å². The predicted octanol–water partition coefficient (Wildman–Crippen LogP) is 1.96. The van der Waals surface area contributed by atoms with Crippen molar-refractivity contribution in [1.82, 2.24) is 4.98 Å². The number of aliphatic hydroxyl groups excluding tert-OH is 1. The fraction of sp³-hybridized carbons (Fsp3) is 0.467. The number of hydrogen-bond donors (Lipinski definition) is 1. The highest BCUT2D eigenvalue weighted by Gasteiger charge is 2.52. The molecule has 1 saturated heterocycles. The monoisotopic (exact) mass is 286 g/mol. The van der Waals surface area contributed by atoms with E-state index < -0.39 is 18.3 Å². The van der Waals surface area contributed by atoms with Gasteiger partial charge in [0.2, 0.25) is 0 Å². The molecule has 1 aliphatic heterocycles. The lowest BCUT2D eigenvalue weighted by atomic mass is 9.78. The number of aliphatic hydroxyl groups is 1. The summed E-state index contributed by atoms with van der Waals surface area (Å²) in [4.78, 5) is 4.17. The Morgan fingerprint density at radius 3 is 2.52 bits per heavy atom. The molecule has 5 nitrogen and oxygen atoms in total. The van der Waals surface area contributed by atoms with Gasteiger partial charge in [0, 0.05) is 6.20 Å². The summed E-state index contributed by atoms with van der Waals surface area (Å²) in [6, 6.07) is 5.34. The van der Waals surface area contributed by atoms with Gasteiger partial charge in [-0.15, -0.1) is 0 Å². The van der Waals surface area contributed by atoms with Crippen LogP contribution in [0.1, 0.15) is 39.0 Å². The Hall–Kier alpha value is -1.68. The summed E-state index contributed by atoms with van der Waals surface area (Å²) >= 11 is 0. The third kappa shape index (κ3) is 3.16. The summed E-state index contributed by atoms with van der Waals surface area (Å²) < 4.78 is 11.8. The van der Waals surface area contributed by atoms with Gasteiger partial charge >= 0.3 is 7.12 Å². The Balaban J connectivity index is 2.29. The molecule has 0 amide bonds. The second kappa shape index (κ2) is 5.61. The third-order valence-corrected chi connectivity index (χ3v) is 3.98. The van der Waals surface area contributed by atoms with Crippen molar-refractivity contribution >= 4 is 13.2 Å². The molecular weight excluding hydrogens is 267 g/mol. The van der Waals surface area contributed by atoms with Crippen molar-refractivity contribution in [2.24, 2.45) is 0 Å². The molecular formula is C15H19BN2O3. The molecule has 21 heavy (non-hydrogen) atoms. The molecule has 0 aliphatic carbocycles.